The molecule has 0 unspecified atom stereocenters. The minimum absolute atomic E-state index is 0.0208. The highest BCUT2D eigenvalue weighted by molar-refractivity contribution is 6.30. The molecule has 0 bridgehead atoms. The first-order valence-corrected chi connectivity index (χ1v) is 13.1. The molecular weight excluding hydrogens is 491 g/mol. The monoisotopic (exact) mass is 520 g/mol. The van der Waals surface area contributed by atoms with Gasteiger partial charge in [-0.2, -0.15) is 5.10 Å². The second-order valence-electron chi connectivity index (χ2n) is 9.56. The topological polar surface area (TPSA) is 67.2 Å². The number of anilines is 1. The van der Waals surface area contributed by atoms with Crippen LogP contribution in [0.5, 0.6) is 0 Å². The molecule has 7 nitrogen and oxygen atoms in total. The van der Waals surface area contributed by atoms with Crippen LogP contribution in [-0.4, -0.2) is 56.7 Å². The van der Waals surface area contributed by atoms with E-state index in [0.717, 1.165) is 41.3 Å². The molecule has 3 heterocycles. The van der Waals surface area contributed by atoms with Gasteiger partial charge in [-0.25, -0.2) is 19.0 Å². The Morgan fingerprint density at radius 2 is 1.81 bits per heavy atom. The van der Waals surface area contributed by atoms with Gasteiger partial charge < -0.3 is 9.80 Å². The minimum atomic E-state index is -0.297. The van der Waals surface area contributed by atoms with Gasteiger partial charge in [0.1, 0.15) is 17.5 Å². The molecule has 9 heteroatoms. The summed E-state index contributed by atoms with van der Waals surface area (Å²) >= 11 is 6.10. The third kappa shape index (κ3) is 5.03. The zero-order valence-electron chi connectivity index (χ0n) is 21.3. The predicted molar refractivity (Wildman–Crippen MR) is 144 cm³/mol. The van der Waals surface area contributed by atoms with Crippen molar-refractivity contribution in [3.8, 4) is 5.69 Å². The van der Waals surface area contributed by atoms with Crippen LogP contribution in [0, 0.1) is 12.7 Å². The molecule has 1 saturated heterocycles. The third-order valence-electron chi connectivity index (χ3n) is 6.87. The van der Waals surface area contributed by atoms with Crippen LogP contribution in [0.1, 0.15) is 54.5 Å². The van der Waals surface area contributed by atoms with Crippen LogP contribution in [0.3, 0.4) is 0 Å². The fourth-order valence-electron chi connectivity index (χ4n) is 4.88. The van der Waals surface area contributed by atoms with Gasteiger partial charge in [0.05, 0.1) is 16.8 Å². The van der Waals surface area contributed by atoms with Gasteiger partial charge in [-0.05, 0) is 55.8 Å². The van der Waals surface area contributed by atoms with E-state index in [1.807, 2.05) is 11.8 Å². The second kappa shape index (κ2) is 10.5. The van der Waals surface area contributed by atoms with Crippen molar-refractivity contribution in [2.75, 3.05) is 31.1 Å². The molecule has 192 valence electrons. The molecule has 4 aromatic rings. The number of hydrogen-bond donors (Lipinski definition) is 0. The van der Waals surface area contributed by atoms with Gasteiger partial charge in [-0.1, -0.05) is 37.9 Å². The van der Waals surface area contributed by atoms with Crippen LogP contribution in [0.15, 0.2) is 48.5 Å². The first-order valence-electron chi connectivity index (χ1n) is 12.7. The Balaban J connectivity index is 1.50. The highest BCUT2D eigenvalue weighted by atomic mass is 35.5. The van der Waals surface area contributed by atoms with Crippen molar-refractivity contribution in [1.29, 1.82) is 0 Å². The predicted octanol–water partition coefficient (Wildman–Crippen LogP) is 5.78. The molecule has 5 rings (SSSR count). The van der Waals surface area contributed by atoms with E-state index in [1.54, 1.807) is 41.1 Å². The first-order chi connectivity index (χ1) is 17.9. The molecule has 2 aromatic heterocycles. The van der Waals surface area contributed by atoms with Crippen molar-refractivity contribution in [2.45, 2.75) is 39.5 Å². The van der Waals surface area contributed by atoms with Crippen molar-refractivity contribution in [2.24, 2.45) is 0 Å². The Hall–Kier alpha value is -3.52. The highest BCUT2D eigenvalue weighted by Crippen LogP contribution is 2.32. The number of rotatable bonds is 6. The number of carbonyl (C=O) groups excluding carboxylic acids is 1. The lowest BCUT2D eigenvalue weighted by atomic mass is 10.1. The Kier molecular flexibility index (Phi) is 7.11. The number of amides is 1. The van der Waals surface area contributed by atoms with E-state index in [4.69, 9.17) is 26.7 Å². The lowest BCUT2D eigenvalue weighted by Crippen LogP contribution is -2.49. The number of benzene rings is 2. The summed E-state index contributed by atoms with van der Waals surface area (Å²) in [7, 11) is 0. The smallest absolute Gasteiger partial charge is 0.254 e. The van der Waals surface area contributed by atoms with Crippen molar-refractivity contribution < 1.29 is 9.18 Å². The summed E-state index contributed by atoms with van der Waals surface area (Å²) in [4.78, 5) is 27.1. The Bertz CT molecular complexity index is 1430. The van der Waals surface area contributed by atoms with Crippen LogP contribution in [0.2, 0.25) is 5.02 Å². The fraction of sp³-hybridized carbons (Fsp3) is 0.357. The maximum atomic E-state index is 13.6. The zero-order valence-corrected chi connectivity index (χ0v) is 22.0. The second-order valence-corrected chi connectivity index (χ2v) is 9.99. The van der Waals surface area contributed by atoms with Crippen molar-refractivity contribution in [1.82, 2.24) is 24.6 Å². The van der Waals surface area contributed by atoms with E-state index >= 15 is 0 Å². The summed E-state index contributed by atoms with van der Waals surface area (Å²) in [5.41, 5.74) is 2.86. The summed E-state index contributed by atoms with van der Waals surface area (Å²) < 4.78 is 15.4. The maximum Gasteiger partial charge on any atom is 0.254 e. The van der Waals surface area contributed by atoms with Gasteiger partial charge in [-0.15, -0.1) is 0 Å². The van der Waals surface area contributed by atoms with Gasteiger partial charge in [0.2, 0.25) is 0 Å². The van der Waals surface area contributed by atoms with E-state index < -0.39 is 0 Å². The average Bonchev–Trinajstić information content (AvgIpc) is 3.24. The van der Waals surface area contributed by atoms with Crippen LogP contribution < -0.4 is 4.90 Å². The number of aryl methyl sites for hydroxylation is 1. The number of aromatic nitrogens is 4. The normalized spacial score (nSPS) is 14.8. The Morgan fingerprint density at radius 3 is 2.49 bits per heavy atom. The first kappa shape index (κ1) is 25.1. The highest BCUT2D eigenvalue weighted by Gasteiger charge is 2.27. The average molecular weight is 521 g/mol. The van der Waals surface area contributed by atoms with E-state index in [2.05, 4.69) is 18.7 Å². The van der Waals surface area contributed by atoms with Crippen LogP contribution >= 0.6 is 11.6 Å². The number of fused-ring (bicyclic) bond motifs is 1. The van der Waals surface area contributed by atoms with Crippen molar-refractivity contribution in [3.63, 3.8) is 0 Å². The summed E-state index contributed by atoms with van der Waals surface area (Å²) in [6.07, 6.45) is 2.00. The molecule has 37 heavy (non-hydrogen) atoms. The number of nitrogens with zero attached hydrogens (tertiary/aromatic N) is 6. The molecule has 1 fully saturated rings. The molecule has 1 aliphatic heterocycles. The number of piperazine rings is 1. The summed E-state index contributed by atoms with van der Waals surface area (Å²) in [5.74, 6) is 1.46. The van der Waals surface area contributed by atoms with Gasteiger partial charge in [0.25, 0.3) is 5.91 Å². The molecule has 0 spiro atoms. The molecule has 1 amide bonds. The summed E-state index contributed by atoms with van der Waals surface area (Å²) in [5, 5.41) is 6.20. The standard InChI is InChI=1S/C28H30ClFN6O/c1-4-6-18(2)25-31-26(24-19(3)33-36(27(24)32-25)23-11-9-22(30)10-12-23)34-13-15-35(16-14-34)28(37)20-7-5-8-21(29)17-20/h5,7-12,17-18H,4,6,13-16H2,1-3H3/t18-/m0/s1. The maximum absolute atomic E-state index is 13.6. The molecule has 0 radical (unpaired) electrons. The lowest BCUT2D eigenvalue weighted by Gasteiger charge is -2.36. The van der Waals surface area contributed by atoms with Crippen LogP contribution in [0.25, 0.3) is 16.7 Å². The molecule has 2 aromatic carbocycles. The van der Waals surface area contributed by atoms with Crippen molar-refractivity contribution in [3.05, 3.63) is 76.5 Å². The Labute approximate surface area is 220 Å². The van der Waals surface area contributed by atoms with Gasteiger partial charge in [0.15, 0.2) is 5.65 Å². The van der Waals surface area contributed by atoms with E-state index in [0.29, 0.717) is 42.4 Å². The minimum Gasteiger partial charge on any atom is -0.352 e. The van der Waals surface area contributed by atoms with E-state index in [1.165, 1.54) is 12.1 Å². The van der Waals surface area contributed by atoms with E-state index in [-0.39, 0.29) is 17.6 Å². The van der Waals surface area contributed by atoms with Gasteiger partial charge in [-0.3, -0.25) is 4.79 Å². The molecular formula is C28H30ClFN6O. The quantitative estimate of drug-likeness (QED) is 0.322. The van der Waals surface area contributed by atoms with Crippen LogP contribution in [-0.2, 0) is 0 Å². The number of carbonyl (C=O) groups is 1. The van der Waals surface area contributed by atoms with Gasteiger partial charge in [0, 0.05) is 42.7 Å². The Morgan fingerprint density at radius 1 is 1.08 bits per heavy atom. The van der Waals surface area contributed by atoms with E-state index in [9.17, 15) is 9.18 Å². The molecule has 0 aliphatic carbocycles. The molecule has 0 saturated carbocycles. The molecule has 1 aliphatic rings. The largest absolute Gasteiger partial charge is 0.352 e. The number of hydrogen-bond acceptors (Lipinski definition) is 5. The molecule has 0 N–H and O–H groups in total. The van der Waals surface area contributed by atoms with Gasteiger partial charge >= 0.3 is 0 Å². The molecule has 1 atom stereocenters. The SMILES string of the molecule is CCC[C@H](C)c1nc(N2CCN(C(=O)c3cccc(Cl)c3)CC2)c2c(C)nn(-c3ccc(F)cc3)c2n1. The number of halogens is 2. The zero-order chi connectivity index (χ0) is 26.1. The lowest BCUT2D eigenvalue weighted by molar-refractivity contribution is 0.0746. The summed E-state index contributed by atoms with van der Waals surface area (Å²) in [6.45, 7) is 8.66. The fourth-order valence-corrected chi connectivity index (χ4v) is 5.07. The summed E-state index contributed by atoms with van der Waals surface area (Å²) in [6, 6.07) is 13.3. The third-order valence-corrected chi connectivity index (χ3v) is 7.11. The van der Waals surface area contributed by atoms with Crippen LogP contribution in [0.4, 0.5) is 10.2 Å². The van der Waals surface area contributed by atoms with Crippen molar-refractivity contribution >= 4 is 34.4 Å².